The summed E-state index contributed by atoms with van der Waals surface area (Å²) in [5.41, 5.74) is 0. The molecule has 1 N–H and O–H groups in total. The van der Waals surface area contributed by atoms with Crippen LogP contribution in [0.25, 0.3) is 0 Å². The summed E-state index contributed by atoms with van der Waals surface area (Å²) in [6, 6.07) is 0. The first kappa shape index (κ1) is 11.0. The maximum absolute atomic E-state index is 9.33. The van der Waals surface area contributed by atoms with Gasteiger partial charge in [0.1, 0.15) is 0 Å². The summed E-state index contributed by atoms with van der Waals surface area (Å²) in [5.74, 6) is 1.29. The van der Waals surface area contributed by atoms with Crippen molar-refractivity contribution in [2.75, 3.05) is 13.2 Å². The molecule has 2 nitrogen and oxygen atoms in total. The summed E-state index contributed by atoms with van der Waals surface area (Å²) in [6.45, 7) is 5.89. The van der Waals surface area contributed by atoms with Crippen molar-refractivity contribution in [2.24, 2.45) is 11.8 Å². The summed E-state index contributed by atoms with van der Waals surface area (Å²) in [6.07, 6.45) is 4.69. The molecule has 0 aromatic heterocycles. The SMILES string of the molecule is CC(O)C(C)CCC1CCOCC1. The topological polar surface area (TPSA) is 29.5 Å². The van der Waals surface area contributed by atoms with Gasteiger partial charge in [-0.1, -0.05) is 6.92 Å². The van der Waals surface area contributed by atoms with E-state index < -0.39 is 0 Å². The van der Waals surface area contributed by atoms with Gasteiger partial charge in [-0.25, -0.2) is 0 Å². The van der Waals surface area contributed by atoms with E-state index in [1.54, 1.807) is 0 Å². The molecule has 2 unspecified atom stereocenters. The first-order valence-corrected chi connectivity index (χ1v) is 5.46. The molecule has 0 aliphatic carbocycles. The van der Waals surface area contributed by atoms with Gasteiger partial charge in [0, 0.05) is 13.2 Å². The predicted molar refractivity (Wildman–Crippen MR) is 53.6 cm³/mol. The van der Waals surface area contributed by atoms with Crippen molar-refractivity contribution in [1.29, 1.82) is 0 Å². The lowest BCUT2D eigenvalue weighted by Gasteiger charge is -2.24. The van der Waals surface area contributed by atoms with Crippen LogP contribution in [0.5, 0.6) is 0 Å². The maximum Gasteiger partial charge on any atom is 0.0537 e. The minimum Gasteiger partial charge on any atom is -0.393 e. The van der Waals surface area contributed by atoms with E-state index in [-0.39, 0.29) is 6.10 Å². The normalized spacial score (nSPS) is 24.2. The Kier molecular flexibility index (Phi) is 4.74. The molecule has 0 aromatic carbocycles. The first-order valence-electron chi connectivity index (χ1n) is 5.46. The lowest BCUT2D eigenvalue weighted by atomic mass is 9.89. The van der Waals surface area contributed by atoms with Gasteiger partial charge in [-0.15, -0.1) is 0 Å². The van der Waals surface area contributed by atoms with E-state index in [0.717, 1.165) is 25.6 Å². The van der Waals surface area contributed by atoms with Crippen molar-refractivity contribution in [1.82, 2.24) is 0 Å². The second-order valence-electron chi connectivity index (χ2n) is 4.35. The fraction of sp³-hybridized carbons (Fsp3) is 1.00. The van der Waals surface area contributed by atoms with Gasteiger partial charge in [0.05, 0.1) is 6.10 Å². The van der Waals surface area contributed by atoms with Gasteiger partial charge >= 0.3 is 0 Å². The van der Waals surface area contributed by atoms with E-state index in [0.29, 0.717) is 5.92 Å². The average molecular weight is 186 g/mol. The molecule has 1 rings (SSSR count). The number of aliphatic hydroxyl groups is 1. The molecule has 1 heterocycles. The van der Waals surface area contributed by atoms with Crippen LogP contribution in [-0.4, -0.2) is 24.4 Å². The Morgan fingerprint density at radius 2 is 1.92 bits per heavy atom. The van der Waals surface area contributed by atoms with Crippen molar-refractivity contribution in [3.63, 3.8) is 0 Å². The number of ether oxygens (including phenoxy) is 1. The monoisotopic (exact) mass is 186 g/mol. The van der Waals surface area contributed by atoms with Gasteiger partial charge in [0.15, 0.2) is 0 Å². The summed E-state index contributed by atoms with van der Waals surface area (Å²) < 4.78 is 5.30. The molecule has 2 heteroatoms. The van der Waals surface area contributed by atoms with E-state index in [1.165, 1.54) is 19.3 Å². The van der Waals surface area contributed by atoms with Crippen LogP contribution in [0, 0.1) is 11.8 Å². The molecular weight excluding hydrogens is 164 g/mol. The molecule has 13 heavy (non-hydrogen) atoms. The fourth-order valence-corrected chi connectivity index (χ4v) is 1.77. The van der Waals surface area contributed by atoms with Crippen LogP contribution in [-0.2, 0) is 4.74 Å². The zero-order chi connectivity index (χ0) is 9.68. The average Bonchev–Trinajstić information content (AvgIpc) is 2.15. The zero-order valence-electron chi connectivity index (χ0n) is 8.83. The van der Waals surface area contributed by atoms with Crippen molar-refractivity contribution < 1.29 is 9.84 Å². The second-order valence-corrected chi connectivity index (χ2v) is 4.35. The summed E-state index contributed by atoms with van der Waals surface area (Å²) in [4.78, 5) is 0. The van der Waals surface area contributed by atoms with E-state index in [4.69, 9.17) is 4.74 Å². The van der Waals surface area contributed by atoms with Crippen molar-refractivity contribution in [2.45, 2.75) is 45.6 Å². The van der Waals surface area contributed by atoms with Crippen molar-refractivity contribution >= 4 is 0 Å². The number of hydrogen-bond acceptors (Lipinski definition) is 2. The molecule has 0 amide bonds. The van der Waals surface area contributed by atoms with Gasteiger partial charge in [-0.3, -0.25) is 0 Å². The summed E-state index contributed by atoms with van der Waals surface area (Å²) in [7, 11) is 0. The Hall–Kier alpha value is -0.0800. The van der Waals surface area contributed by atoms with E-state index in [1.807, 2.05) is 6.92 Å². The summed E-state index contributed by atoms with van der Waals surface area (Å²) in [5, 5.41) is 9.33. The lowest BCUT2D eigenvalue weighted by Crippen LogP contribution is -2.19. The Labute approximate surface area is 81.3 Å². The van der Waals surface area contributed by atoms with Crippen LogP contribution in [0.1, 0.15) is 39.5 Å². The molecule has 1 fully saturated rings. The van der Waals surface area contributed by atoms with Crippen LogP contribution in [0.2, 0.25) is 0 Å². The molecule has 0 aromatic rings. The van der Waals surface area contributed by atoms with Crippen LogP contribution in [0.3, 0.4) is 0 Å². The molecule has 0 bridgehead atoms. The molecule has 1 saturated heterocycles. The highest BCUT2D eigenvalue weighted by Crippen LogP contribution is 2.23. The summed E-state index contributed by atoms with van der Waals surface area (Å²) >= 11 is 0. The third kappa shape index (κ3) is 4.10. The van der Waals surface area contributed by atoms with Crippen LogP contribution in [0.15, 0.2) is 0 Å². The van der Waals surface area contributed by atoms with Gasteiger partial charge in [-0.05, 0) is 44.4 Å². The largest absolute Gasteiger partial charge is 0.393 e. The Morgan fingerprint density at radius 1 is 1.31 bits per heavy atom. The van der Waals surface area contributed by atoms with Crippen molar-refractivity contribution in [3.05, 3.63) is 0 Å². The lowest BCUT2D eigenvalue weighted by molar-refractivity contribution is 0.0577. The standard InChI is InChI=1S/C11H22O2/c1-9(10(2)12)3-4-11-5-7-13-8-6-11/h9-12H,3-8H2,1-2H3. The van der Waals surface area contributed by atoms with Crippen LogP contribution in [0.4, 0.5) is 0 Å². The van der Waals surface area contributed by atoms with E-state index in [2.05, 4.69) is 6.92 Å². The highest BCUT2D eigenvalue weighted by Gasteiger charge is 2.16. The van der Waals surface area contributed by atoms with Gasteiger partial charge < -0.3 is 9.84 Å². The van der Waals surface area contributed by atoms with Gasteiger partial charge in [0.25, 0.3) is 0 Å². The zero-order valence-corrected chi connectivity index (χ0v) is 8.83. The quantitative estimate of drug-likeness (QED) is 0.729. The third-order valence-electron chi connectivity index (χ3n) is 3.19. The van der Waals surface area contributed by atoms with E-state index in [9.17, 15) is 5.11 Å². The molecule has 0 spiro atoms. The minimum atomic E-state index is -0.153. The molecule has 1 aliphatic heterocycles. The molecule has 1 aliphatic rings. The molecule has 0 radical (unpaired) electrons. The highest BCUT2D eigenvalue weighted by molar-refractivity contribution is 4.67. The van der Waals surface area contributed by atoms with Crippen molar-refractivity contribution in [3.8, 4) is 0 Å². The van der Waals surface area contributed by atoms with E-state index >= 15 is 0 Å². The molecule has 2 atom stereocenters. The first-order chi connectivity index (χ1) is 6.20. The minimum absolute atomic E-state index is 0.153. The molecular formula is C11H22O2. The predicted octanol–water partition coefficient (Wildman–Crippen LogP) is 2.21. The highest BCUT2D eigenvalue weighted by atomic mass is 16.5. The number of aliphatic hydroxyl groups excluding tert-OH is 1. The third-order valence-corrected chi connectivity index (χ3v) is 3.19. The van der Waals surface area contributed by atoms with Gasteiger partial charge in [0.2, 0.25) is 0 Å². The van der Waals surface area contributed by atoms with Gasteiger partial charge in [-0.2, -0.15) is 0 Å². The number of rotatable bonds is 4. The molecule has 78 valence electrons. The second kappa shape index (κ2) is 5.61. The Morgan fingerprint density at radius 3 is 2.46 bits per heavy atom. The number of hydrogen-bond donors (Lipinski definition) is 1. The maximum atomic E-state index is 9.33. The Balaban J connectivity index is 2.10. The molecule has 0 saturated carbocycles. The Bertz CT molecular complexity index is 128. The smallest absolute Gasteiger partial charge is 0.0537 e. The van der Waals surface area contributed by atoms with Crippen LogP contribution >= 0.6 is 0 Å². The fourth-order valence-electron chi connectivity index (χ4n) is 1.77. The van der Waals surface area contributed by atoms with Crippen LogP contribution < -0.4 is 0 Å².